The molecule has 0 spiro atoms. The molecule has 0 saturated heterocycles. The Labute approximate surface area is 338 Å². The Kier molecular flexibility index (Phi) is 10.5. The average Bonchev–Trinajstić information content (AvgIpc) is 3.65. The summed E-state index contributed by atoms with van der Waals surface area (Å²) in [7, 11) is 0. The van der Waals surface area contributed by atoms with E-state index in [1.54, 1.807) is 17.6 Å². The van der Waals surface area contributed by atoms with Crippen LogP contribution in [0.1, 0.15) is 138 Å². The van der Waals surface area contributed by atoms with Crippen molar-refractivity contribution in [2.75, 3.05) is 0 Å². The molecule has 0 saturated carbocycles. The van der Waals surface area contributed by atoms with Gasteiger partial charge in [-0.25, -0.2) is 0 Å². The van der Waals surface area contributed by atoms with Crippen molar-refractivity contribution in [3.8, 4) is 11.1 Å². The van der Waals surface area contributed by atoms with E-state index in [1.807, 2.05) is 0 Å². The zero-order valence-electron chi connectivity index (χ0n) is 32.2. The number of rotatable bonds is 4. The van der Waals surface area contributed by atoms with E-state index in [-0.39, 0.29) is 21.7 Å². The van der Waals surface area contributed by atoms with Gasteiger partial charge in [0, 0.05) is 0 Å². The molecule has 260 valence electrons. The first-order valence-electron chi connectivity index (χ1n) is 18.2. The third kappa shape index (κ3) is 7.50. The molecule has 0 unspecified atom stereocenters. The van der Waals surface area contributed by atoms with E-state index in [2.05, 4.69) is 219 Å². The number of benzene rings is 4. The third-order valence-electron chi connectivity index (χ3n) is 10.5. The molecule has 0 N–H and O–H groups in total. The number of halogens is 2. The molecule has 0 aliphatic heterocycles. The molecule has 0 heterocycles. The number of allylic oxidation sites excluding steroid dienone is 4. The summed E-state index contributed by atoms with van der Waals surface area (Å²) in [6.07, 6.45) is 8.30. The van der Waals surface area contributed by atoms with Crippen molar-refractivity contribution in [1.82, 2.24) is 0 Å². The van der Waals surface area contributed by atoms with Crippen LogP contribution in [0.2, 0.25) is 0 Å². The quantitative estimate of drug-likeness (QED) is 0.179. The second-order valence-corrected chi connectivity index (χ2v) is 27.3. The van der Waals surface area contributed by atoms with Gasteiger partial charge in [-0.15, -0.1) is 0 Å². The van der Waals surface area contributed by atoms with Crippen LogP contribution in [0.25, 0.3) is 11.1 Å². The van der Waals surface area contributed by atoms with Crippen molar-refractivity contribution in [3.05, 3.63) is 146 Å². The summed E-state index contributed by atoms with van der Waals surface area (Å²) in [5, 5.41) is 0. The van der Waals surface area contributed by atoms with E-state index in [9.17, 15) is 0 Å². The molecule has 4 aromatic rings. The van der Waals surface area contributed by atoms with Gasteiger partial charge in [0.05, 0.1) is 0 Å². The molecule has 0 fully saturated rings. The number of hydrogen-bond donors (Lipinski definition) is 0. The van der Waals surface area contributed by atoms with Crippen molar-refractivity contribution in [2.45, 2.75) is 115 Å². The van der Waals surface area contributed by atoms with Gasteiger partial charge in [-0.1, -0.05) is 0 Å². The predicted molar refractivity (Wildman–Crippen MR) is 232 cm³/mol. The van der Waals surface area contributed by atoms with Crippen LogP contribution in [-0.2, 0) is 42.9 Å². The molecule has 0 amide bonds. The van der Waals surface area contributed by atoms with E-state index in [0.717, 1.165) is 6.42 Å². The maximum atomic E-state index is 2.69. The van der Waals surface area contributed by atoms with E-state index < -0.39 is 21.3 Å². The minimum atomic E-state index is -2.85. The average molecular weight is 964 g/mol. The van der Waals surface area contributed by atoms with Crippen LogP contribution in [0.5, 0.6) is 0 Å². The molecule has 0 aromatic heterocycles. The Morgan fingerprint density at radius 2 is 0.900 bits per heavy atom. The van der Waals surface area contributed by atoms with Crippen LogP contribution in [0, 0.1) is 7.14 Å². The van der Waals surface area contributed by atoms with E-state index in [0.29, 0.717) is 3.63 Å². The molecule has 6 rings (SSSR count). The molecule has 0 bridgehead atoms. The van der Waals surface area contributed by atoms with Crippen molar-refractivity contribution >= 4 is 48.4 Å². The van der Waals surface area contributed by atoms with Gasteiger partial charge in [-0.2, -0.15) is 0 Å². The molecule has 3 heteroatoms. The molecule has 0 atom stereocenters. The summed E-state index contributed by atoms with van der Waals surface area (Å²) in [5.41, 5.74) is 15.0. The SMILES string of the molecule is CC(C)(C)c1cc2c(cc1C(C)(C)C)[CH]([Zr]([C]1=CC=CC1)=[C](c1ccc(I)cc1)c1ccc(I)cc1)c1cc(C(C)(C)C)c(C(C)(C)C)cc1-2. The summed E-state index contributed by atoms with van der Waals surface area (Å²) < 4.78 is 6.25. The van der Waals surface area contributed by atoms with Crippen molar-refractivity contribution in [3.63, 3.8) is 0 Å². The van der Waals surface area contributed by atoms with E-state index in [1.165, 1.54) is 51.6 Å². The molecule has 2 aliphatic carbocycles. The van der Waals surface area contributed by atoms with Gasteiger partial charge in [0.1, 0.15) is 0 Å². The Morgan fingerprint density at radius 1 is 0.540 bits per heavy atom. The van der Waals surface area contributed by atoms with Crippen LogP contribution in [0.3, 0.4) is 0 Å². The molecule has 0 nitrogen and oxygen atoms in total. The predicted octanol–water partition coefficient (Wildman–Crippen LogP) is 13.9. The summed E-state index contributed by atoms with van der Waals surface area (Å²) in [5.74, 6) is 0. The topological polar surface area (TPSA) is 0 Å². The molecule has 4 aromatic carbocycles. The van der Waals surface area contributed by atoms with Crippen LogP contribution in [0.4, 0.5) is 0 Å². The summed E-state index contributed by atoms with van der Waals surface area (Å²) in [6.45, 7) is 28.9. The zero-order valence-corrected chi connectivity index (χ0v) is 39.0. The summed E-state index contributed by atoms with van der Waals surface area (Å²) >= 11 is 2.07. The normalized spacial score (nSPS) is 14.9. The van der Waals surface area contributed by atoms with Gasteiger partial charge in [-0.05, 0) is 0 Å². The number of fused-ring (bicyclic) bond motifs is 3. The van der Waals surface area contributed by atoms with Gasteiger partial charge in [0.2, 0.25) is 0 Å². The van der Waals surface area contributed by atoms with Crippen LogP contribution in [0.15, 0.2) is 94.3 Å². The molecule has 2 aliphatic rings. The molecule has 0 radical (unpaired) electrons. The van der Waals surface area contributed by atoms with Crippen LogP contribution < -0.4 is 0 Å². The molecular formula is C47H54I2Zr. The summed E-state index contributed by atoms with van der Waals surface area (Å²) in [6, 6.07) is 29.5. The van der Waals surface area contributed by atoms with Gasteiger partial charge in [0.15, 0.2) is 0 Å². The first kappa shape index (κ1) is 38.3. The fourth-order valence-corrected chi connectivity index (χ4v) is 17.7. The van der Waals surface area contributed by atoms with Gasteiger partial charge >= 0.3 is 342 Å². The van der Waals surface area contributed by atoms with E-state index >= 15 is 0 Å². The first-order chi connectivity index (χ1) is 23.2. The first-order valence-corrected chi connectivity index (χ1v) is 24.2. The van der Waals surface area contributed by atoms with Crippen LogP contribution >= 0.6 is 45.2 Å². The second-order valence-electron chi connectivity index (χ2n) is 18.5. The molecule has 50 heavy (non-hydrogen) atoms. The fourth-order valence-electron chi connectivity index (χ4n) is 7.99. The Balaban J connectivity index is 1.84. The maximum absolute atomic E-state index is 2.85. The zero-order chi connectivity index (χ0) is 36.6. The van der Waals surface area contributed by atoms with Crippen LogP contribution in [-0.4, -0.2) is 3.21 Å². The Hall–Kier alpha value is -1.43. The third-order valence-corrected chi connectivity index (χ3v) is 20.2. The number of hydrogen-bond acceptors (Lipinski definition) is 0. The van der Waals surface area contributed by atoms with Crippen molar-refractivity contribution in [2.24, 2.45) is 0 Å². The minimum absolute atomic E-state index is 0.0284. The summed E-state index contributed by atoms with van der Waals surface area (Å²) in [4.78, 5) is 0. The van der Waals surface area contributed by atoms with Gasteiger partial charge < -0.3 is 0 Å². The monoisotopic (exact) mass is 962 g/mol. The Bertz CT molecular complexity index is 1910. The van der Waals surface area contributed by atoms with Gasteiger partial charge in [0.25, 0.3) is 0 Å². The van der Waals surface area contributed by atoms with E-state index in [4.69, 9.17) is 0 Å². The van der Waals surface area contributed by atoms with Gasteiger partial charge in [-0.3, -0.25) is 0 Å². The fraction of sp³-hybridized carbons (Fsp3) is 0.383. The van der Waals surface area contributed by atoms with Crippen molar-refractivity contribution < 1.29 is 21.3 Å². The Morgan fingerprint density at radius 3 is 1.22 bits per heavy atom. The second kappa shape index (κ2) is 13.8. The molecular weight excluding hydrogens is 910 g/mol. The standard InChI is InChI=1S/C29H41.C13H8I2.C5H5.Zr/c1-26(2,3)22-14-18-13-19-15-23(27(4,5)6)25(29(10,11)12)17-21(19)20(18)16-24(22)28(7,8)9;14-12-5-1-10(2-6-12)9-11-3-7-13(15)8-4-11;1-2-4-5-3-1;/h13-17H,1-12H3;1-8H;1-3H,4H2;. The van der Waals surface area contributed by atoms with Crippen molar-refractivity contribution in [1.29, 1.82) is 0 Å².